The molecule has 3 rings (SSSR count). The third kappa shape index (κ3) is 4.60. The van der Waals surface area contributed by atoms with Gasteiger partial charge in [-0.2, -0.15) is 0 Å². The Hall–Kier alpha value is -1.88. The number of rotatable bonds is 4. The second-order valence-corrected chi connectivity index (χ2v) is 7.27. The quantitative estimate of drug-likeness (QED) is 0.910. The zero-order chi connectivity index (χ0) is 17.6. The van der Waals surface area contributed by atoms with E-state index in [9.17, 15) is 9.59 Å². The molecule has 0 aliphatic carbocycles. The highest BCUT2D eigenvalue weighted by atomic mass is 16.2. The minimum absolute atomic E-state index is 0.0420. The van der Waals surface area contributed by atoms with Crippen LogP contribution < -0.4 is 5.73 Å². The van der Waals surface area contributed by atoms with Gasteiger partial charge in [0, 0.05) is 25.9 Å². The molecule has 1 fully saturated rings. The minimum atomic E-state index is -0.519. The van der Waals surface area contributed by atoms with Crippen molar-refractivity contribution >= 4 is 11.8 Å². The molecule has 0 saturated carbocycles. The number of amides is 2. The molecule has 0 spiro atoms. The molecule has 0 aromatic heterocycles. The maximum Gasteiger partial charge on any atom is 0.240 e. The van der Waals surface area contributed by atoms with E-state index < -0.39 is 11.9 Å². The van der Waals surface area contributed by atoms with E-state index in [1.165, 1.54) is 32.1 Å². The molecule has 0 radical (unpaired) electrons. The zero-order valence-electron chi connectivity index (χ0n) is 15.0. The summed E-state index contributed by atoms with van der Waals surface area (Å²) in [6.07, 6.45) is 7.34. The lowest BCUT2D eigenvalue weighted by atomic mass is 9.93. The molecule has 2 N–H and O–H groups in total. The molecule has 25 heavy (non-hydrogen) atoms. The van der Waals surface area contributed by atoms with Gasteiger partial charge in [0.15, 0.2) is 0 Å². The summed E-state index contributed by atoms with van der Waals surface area (Å²) in [7, 11) is 0. The molecule has 136 valence electrons. The van der Waals surface area contributed by atoms with Gasteiger partial charge in [0.25, 0.3) is 0 Å². The Morgan fingerprint density at radius 2 is 1.64 bits per heavy atom. The summed E-state index contributed by atoms with van der Waals surface area (Å²) in [5.41, 5.74) is 7.84. The normalized spacial score (nSPS) is 21.9. The average molecular weight is 343 g/mol. The Morgan fingerprint density at radius 3 is 2.32 bits per heavy atom. The van der Waals surface area contributed by atoms with Crippen LogP contribution in [0.1, 0.15) is 49.7 Å². The first-order valence-electron chi connectivity index (χ1n) is 9.53. The fourth-order valence-corrected chi connectivity index (χ4v) is 3.97. The number of nitrogens with two attached hydrogens (primary N) is 1. The first kappa shape index (κ1) is 17.9. The molecule has 1 saturated heterocycles. The monoisotopic (exact) mass is 343 g/mol. The van der Waals surface area contributed by atoms with Gasteiger partial charge in [0.2, 0.25) is 11.8 Å². The maximum atomic E-state index is 12.8. The van der Waals surface area contributed by atoms with Gasteiger partial charge in [0.05, 0.1) is 0 Å². The molecular formula is C20H29N3O2. The largest absolute Gasteiger partial charge is 0.368 e. The topological polar surface area (TPSA) is 66.6 Å². The second kappa shape index (κ2) is 8.48. The smallest absolute Gasteiger partial charge is 0.240 e. The summed E-state index contributed by atoms with van der Waals surface area (Å²) in [6.45, 7) is 3.43. The van der Waals surface area contributed by atoms with E-state index in [1.807, 2.05) is 24.3 Å². The van der Waals surface area contributed by atoms with Crippen molar-refractivity contribution < 1.29 is 9.59 Å². The number of primary amides is 1. The van der Waals surface area contributed by atoms with Crippen LogP contribution in [0.25, 0.3) is 0 Å². The van der Waals surface area contributed by atoms with E-state index in [-0.39, 0.29) is 5.91 Å². The van der Waals surface area contributed by atoms with E-state index >= 15 is 0 Å². The van der Waals surface area contributed by atoms with Gasteiger partial charge in [-0.3, -0.25) is 9.59 Å². The van der Waals surface area contributed by atoms with Crippen LogP contribution in [0, 0.1) is 0 Å². The van der Waals surface area contributed by atoms with E-state index in [1.54, 1.807) is 4.90 Å². The van der Waals surface area contributed by atoms with Crippen molar-refractivity contribution in [2.45, 2.75) is 57.5 Å². The molecule has 2 amide bonds. The first-order chi connectivity index (χ1) is 12.1. The van der Waals surface area contributed by atoms with E-state index in [0.717, 1.165) is 30.8 Å². The Kier molecular flexibility index (Phi) is 6.08. The van der Waals surface area contributed by atoms with E-state index in [4.69, 9.17) is 5.73 Å². The average Bonchev–Trinajstić information content (AvgIpc) is 2.59. The standard InChI is InChI=1S/C20H29N3O2/c21-20(25)18-14-16-8-4-5-9-17(16)15-23(18)19(24)10-13-22-11-6-2-1-3-7-12-22/h4-5,8-9,18H,1-3,6-7,10-15H2,(H2,21,25). The van der Waals surface area contributed by atoms with Crippen molar-refractivity contribution in [2.75, 3.05) is 19.6 Å². The molecule has 1 atom stereocenters. The summed E-state index contributed by atoms with van der Waals surface area (Å²) < 4.78 is 0. The van der Waals surface area contributed by atoms with Gasteiger partial charge in [-0.1, -0.05) is 43.5 Å². The Morgan fingerprint density at radius 1 is 1.00 bits per heavy atom. The van der Waals surface area contributed by atoms with Gasteiger partial charge in [-0.05, 0) is 37.1 Å². The summed E-state index contributed by atoms with van der Waals surface area (Å²) in [5.74, 6) is -0.366. The molecular weight excluding hydrogens is 314 g/mol. The molecule has 5 nitrogen and oxygen atoms in total. The zero-order valence-corrected chi connectivity index (χ0v) is 15.0. The van der Waals surface area contributed by atoms with Crippen molar-refractivity contribution in [3.63, 3.8) is 0 Å². The molecule has 1 unspecified atom stereocenters. The van der Waals surface area contributed by atoms with Crippen molar-refractivity contribution in [3.05, 3.63) is 35.4 Å². The van der Waals surface area contributed by atoms with Crippen molar-refractivity contribution in [1.82, 2.24) is 9.80 Å². The van der Waals surface area contributed by atoms with Gasteiger partial charge in [-0.15, -0.1) is 0 Å². The highest BCUT2D eigenvalue weighted by molar-refractivity contribution is 5.87. The lowest BCUT2D eigenvalue weighted by molar-refractivity contribution is -0.140. The second-order valence-electron chi connectivity index (χ2n) is 7.27. The fourth-order valence-electron chi connectivity index (χ4n) is 3.97. The third-order valence-corrected chi connectivity index (χ3v) is 5.49. The third-order valence-electron chi connectivity index (χ3n) is 5.49. The fraction of sp³-hybridized carbons (Fsp3) is 0.600. The molecule has 5 heteroatoms. The number of benzene rings is 1. The lowest BCUT2D eigenvalue weighted by Crippen LogP contribution is -2.51. The molecule has 2 aliphatic heterocycles. The number of fused-ring (bicyclic) bond motifs is 1. The van der Waals surface area contributed by atoms with Gasteiger partial charge in [-0.25, -0.2) is 0 Å². The molecule has 2 aliphatic rings. The van der Waals surface area contributed by atoms with Crippen LogP contribution in [0.3, 0.4) is 0 Å². The number of likely N-dealkylation sites (tertiary alicyclic amines) is 1. The minimum Gasteiger partial charge on any atom is -0.368 e. The SMILES string of the molecule is NC(=O)C1Cc2ccccc2CN1C(=O)CCN1CCCCCCC1. The first-order valence-corrected chi connectivity index (χ1v) is 9.53. The van der Waals surface area contributed by atoms with Crippen molar-refractivity contribution in [1.29, 1.82) is 0 Å². The number of carbonyl (C=O) groups excluding carboxylic acids is 2. The molecule has 1 aromatic carbocycles. The van der Waals surface area contributed by atoms with Crippen LogP contribution in [-0.4, -0.2) is 47.3 Å². The molecule has 2 heterocycles. The van der Waals surface area contributed by atoms with Crippen LogP contribution in [0.2, 0.25) is 0 Å². The Labute approximate surface area is 150 Å². The summed E-state index contributed by atoms with van der Waals surface area (Å²) in [5, 5.41) is 0. The molecule has 0 bridgehead atoms. The van der Waals surface area contributed by atoms with E-state index in [2.05, 4.69) is 4.90 Å². The summed E-state index contributed by atoms with van der Waals surface area (Å²) in [6, 6.07) is 7.48. The van der Waals surface area contributed by atoms with Crippen LogP contribution in [0.15, 0.2) is 24.3 Å². The number of hydrogen-bond acceptors (Lipinski definition) is 3. The predicted octanol–water partition coefficient (Wildman–Crippen LogP) is 2.08. The van der Waals surface area contributed by atoms with Gasteiger partial charge in [0.1, 0.15) is 6.04 Å². The van der Waals surface area contributed by atoms with Crippen LogP contribution in [0.5, 0.6) is 0 Å². The van der Waals surface area contributed by atoms with Crippen molar-refractivity contribution in [2.24, 2.45) is 5.73 Å². The Balaban J connectivity index is 1.62. The number of hydrogen-bond donors (Lipinski definition) is 1. The van der Waals surface area contributed by atoms with Crippen molar-refractivity contribution in [3.8, 4) is 0 Å². The van der Waals surface area contributed by atoms with Gasteiger partial charge < -0.3 is 15.5 Å². The van der Waals surface area contributed by atoms with E-state index in [0.29, 0.717) is 19.4 Å². The predicted molar refractivity (Wildman–Crippen MR) is 97.8 cm³/mol. The summed E-state index contributed by atoms with van der Waals surface area (Å²) in [4.78, 5) is 28.8. The van der Waals surface area contributed by atoms with Gasteiger partial charge >= 0.3 is 0 Å². The summed E-state index contributed by atoms with van der Waals surface area (Å²) >= 11 is 0. The Bertz CT molecular complexity index is 609. The van der Waals surface area contributed by atoms with Crippen LogP contribution in [0.4, 0.5) is 0 Å². The number of carbonyl (C=O) groups is 2. The number of nitrogens with zero attached hydrogens (tertiary/aromatic N) is 2. The van der Waals surface area contributed by atoms with Crippen LogP contribution >= 0.6 is 0 Å². The maximum absolute atomic E-state index is 12.8. The van der Waals surface area contributed by atoms with Crippen LogP contribution in [-0.2, 0) is 22.6 Å². The highest BCUT2D eigenvalue weighted by Gasteiger charge is 2.33. The molecule has 1 aromatic rings. The highest BCUT2D eigenvalue weighted by Crippen LogP contribution is 2.24. The lowest BCUT2D eigenvalue weighted by Gasteiger charge is -2.35.